The van der Waals surface area contributed by atoms with Gasteiger partial charge in [-0.05, 0) is 58.5 Å². The average Bonchev–Trinajstić information content (AvgIpc) is 3.07. The lowest BCUT2D eigenvalue weighted by atomic mass is 10.2. The SMILES string of the molecule is O=C(N/N=C/c1cn(Cc2ccccc2)c2ccccc12)c1ccc(I)cc1. The second-order valence-electron chi connectivity index (χ2n) is 6.42. The van der Waals surface area contributed by atoms with Crippen molar-refractivity contribution >= 4 is 45.6 Å². The zero-order valence-corrected chi connectivity index (χ0v) is 17.2. The first-order chi connectivity index (χ1) is 13.7. The molecule has 0 aliphatic heterocycles. The Morgan fingerprint density at radius 1 is 0.964 bits per heavy atom. The van der Waals surface area contributed by atoms with E-state index < -0.39 is 0 Å². The summed E-state index contributed by atoms with van der Waals surface area (Å²) in [7, 11) is 0. The van der Waals surface area contributed by atoms with Crippen molar-refractivity contribution in [1.29, 1.82) is 0 Å². The fourth-order valence-corrected chi connectivity index (χ4v) is 3.47. The van der Waals surface area contributed by atoms with Gasteiger partial charge in [0.15, 0.2) is 0 Å². The van der Waals surface area contributed by atoms with E-state index in [0.29, 0.717) is 5.56 Å². The first-order valence-electron chi connectivity index (χ1n) is 8.91. The minimum atomic E-state index is -0.222. The first kappa shape index (κ1) is 18.4. The van der Waals surface area contributed by atoms with Gasteiger partial charge < -0.3 is 4.57 Å². The Bertz CT molecular complexity index is 1130. The van der Waals surface area contributed by atoms with Crippen LogP contribution in [0.2, 0.25) is 0 Å². The highest BCUT2D eigenvalue weighted by Crippen LogP contribution is 2.21. The van der Waals surface area contributed by atoms with Crippen LogP contribution in [0.3, 0.4) is 0 Å². The molecule has 1 heterocycles. The van der Waals surface area contributed by atoms with E-state index in [1.54, 1.807) is 18.3 Å². The molecule has 5 heteroatoms. The van der Waals surface area contributed by atoms with Crippen LogP contribution in [0.4, 0.5) is 0 Å². The van der Waals surface area contributed by atoms with Crippen LogP contribution >= 0.6 is 22.6 Å². The molecule has 28 heavy (non-hydrogen) atoms. The monoisotopic (exact) mass is 479 g/mol. The predicted octanol–water partition coefficient (Wildman–Crippen LogP) is 5.06. The van der Waals surface area contributed by atoms with Crippen molar-refractivity contribution in [2.75, 3.05) is 0 Å². The van der Waals surface area contributed by atoms with Crippen LogP contribution in [-0.2, 0) is 6.54 Å². The van der Waals surface area contributed by atoms with Crippen LogP contribution < -0.4 is 5.43 Å². The molecule has 0 atom stereocenters. The number of halogens is 1. The highest BCUT2D eigenvalue weighted by Gasteiger charge is 2.08. The van der Waals surface area contributed by atoms with E-state index in [2.05, 4.69) is 68.1 Å². The lowest BCUT2D eigenvalue weighted by Crippen LogP contribution is -2.17. The molecular weight excluding hydrogens is 461 g/mol. The second-order valence-corrected chi connectivity index (χ2v) is 7.67. The number of aromatic nitrogens is 1. The predicted molar refractivity (Wildman–Crippen MR) is 122 cm³/mol. The van der Waals surface area contributed by atoms with E-state index in [9.17, 15) is 4.79 Å². The van der Waals surface area contributed by atoms with Gasteiger partial charge in [-0.2, -0.15) is 5.10 Å². The van der Waals surface area contributed by atoms with E-state index >= 15 is 0 Å². The molecule has 4 nitrogen and oxygen atoms in total. The number of benzene rings is 3. The molecule has 3 aromatic carbocycles. The molecule has 0 bridgehead atoms. The third kappa shape index (κ3) is 4.14. The van der Waals surface area contributed by atoms with Gasteiger partial charge in [-0.15, -0.1) is 0 Å². The number of carbonyl (C=O) groups is 1. The standard InChI is InChI=1S/C23H18IN3O/c24-20-12-10-18(11-13-20)23(28)26-25-14-19-16-27(15-17-6-2-1-3-7-17)22-9-5-4-8-21(19)22/h1-14,16H,15H2,(H,26,28)/b25-14+. The van der Waals surface area contributed by atoms with Crippen LogP contribution in [0.1, 0.15) is 21.5 Å². The van der Waals surface area contributed by atoms with E-state index in [-0.39, 0.29) is 5.91 Å². The number of para-hydroxylation sites is 1. The summed E-state index contributed by atoms with van der Waals surface area (Å²) in [5, 5.41) is 5.27. The smallest absolute Gasteiger partial charge is 0.271 e. The van der Waals surface area contributed by atoms with Gasteiger partial charge in [0, 0.05) is 38.3 Å². The van der Waals surface area contributed by atoms with Gasteiger partial charge in [-0.1, -0.05) is 48.5 Å². The van der Waals surface area contributed by atoms with E-state index in [1.807, 2.05) is 42.5 Å². The molecule has 138 valence electrons. The zero-order chi connectivity index (χ0) is 19.3. The number of fused-ring (bicyclic) bond motifs is 1. The molecular formula is C23H18IN3O. The molecule has 0 spiro atoms. The zero-order valence-electron chi connectivity index (χ0n) is 15.0. The lowest BCUT2D eigenvalue weighted by Gasteiger charge is -2.05. The molecule has 0 radical (unpaired) electrons. The number of hydrazone groups is 1. The Kier molecular flexibility index (Phi) is 5.53. The van der Waals surface area contributed by atoms with Crippen molar-refractivity contribution in [3.05, 3.63) is 105 Å². The maximum atomic E-state index is 12.2. The van der Waals surface area contributed by atoms with Crippen LogP contribution in [0.5, 0.6) is 0 Å². The normalized spacial score (nSPS) is 11.2. The molecule has 0 aliphatic rings. The van der Waals surface area contributed by atoms with Crippen molar-refractivity contribution in [2.24, 2.45) is 5.10 Å². The third-order valence-electron chi connectivity index (χ3n) is 4.49. The van der Waals surface area contributed by atoms with Crippen LogP contribution in [-0.4, -0.2) is 16.7 Å². The Labute approximate surface area is 177 Å². The summed E-state index contributed by atoms with van der Waals surface area (Å²) in [6.45, 7) is 0.782. The molecule has 0 aliphatic carbocycles. The van der Waals surface area contributed by atoms with Crippen LogP contribution in [0.25, 0.3) is 10.9 Å². The summed E-state index contributed by atoms with van der Waals surface area (Å²) in [6, 6.07) is 25.9. The number of nitrogens with one attached hydrogen (secondary N) is 1. The second kappa shape index (κ2) is 8.39. The molecule has 0 unspecified atom stereocenters. The van der Waals surface area contributed by atoms with Crippen molar-refractivity contribution in [3.8, 4) is 0 Å². The molecule has 0 saturated heterocycles. The fraction of sp³-hybridized carbons (Fsp3) is 0.0435. The van der Waals surface area contributed by atoms with Crippen molar-refractivity contribution in [3.63, 3.8) is 0 Å². The number of hydrogen-bond donors (Lipinski definition) is 1. The Morgan fingerprint density at radius 2 is 1.68 bits per heavy atom. The van der Waals surface area contributed by atoms with Crippen molar-refractivity contribution < 1.29 is 4.79 Å². The van der Waals surface area contributed by atoms with E-state index in [0.717, 1.165) is 26.6 Å². The summed E-state index contributed by atoms with van der Waals surface area (Å²) < 4.78 is 3.29. The summed E-state index contributed by atoms with van der Waals surface area (Å²) in [6.07, 6.45) is 3.77. The topological polar surface area (TPSA) is 46.4 Å². The lowest BCUT2D eigenvalue weighted by molar-refractivity contribution is 0.0955. The molecule has 4 rings (SSSR count). The van der Waals surface area contributed by atoms with Gasteiger partial charge in [0.2, 0.25) is 0 Å². The van der Waals surface area contributed by atoms with Gasteiger partial charge in [0.25, 0.3) is 5.91 Å². The van der Waals surface area contributed by atoms with Gasteiger partial charge >= 0.3 is 0 Å². The number of carbonyl (C=O) groups excluding carboxylic acids is 1. The number of hydrogen-bond acceptors (Lipinski definition) is 2. The molecule has 0 fully saturated rings. The molecule has 4 aromatic rings. The molecule has 0 saturated carbocycles. The average molecular weight is 479 g/mol. The molecule has 1 aromatic heterocycles. The minimum Gasteiger partial charge on any atom is -0.342 e. The van der Waals surface area contributed by atoms with Crippen LogP contribution in [0.15, 0.2) is 90.2 Å². The van der Waals surface area contributed by atoms with Gasteiger partial charge in [-0.3, -0.25) is 4.79 Å². The third-order valence-corrected chi connectivity index (χ3v) is 5.21. The molecule has 1 amide bonds. The largest absolute Gasteiger partial charge is 0.342 e. The Balaban J connectivity index is 1.56. The summed E-state index contributed by atoms with van der Waals surface area (Å²) in [4.78, 5) is 12.2. The highest BCUT2D eigenvalue weighted by atomic mass is 127. The summed E-state index contributed by atoms with van der Waals surface area (Å²) in [5.74, 6) is -0.222. The van der Waals surface area contributed by atoms with Gasteiger partial charge in [0.1, 0.15) is 0 Å². The molecule has 1 N–H and O–H groups in total. The Morgan fingerprint density at radius 3 is 2.46 bits per heavy atom. The van der Waals surface area contributed by atoms with E-state index in [1.165, 1.54) is 5.56 Å². The summed E-state index contributed by atoms with van der Waals surface area (Å²) in [5.41, 5.74) is 6.53. The Hall–Kier alpha value is -2.93. The van der Waals surface area contributed by atoms with Gasteiger partial charge in [-0.25, -0.2) is 5.43 Å². The first-order valence-corrected chi connectivity index (χ1v) is 9.99. The maximum absolute atomic E-state index is 12.2. The minimum absolute atomic E-state index is 0.222. The number of rotatable bonds is 5. The van der Waals surface area contributed by atoms with Gasteiger partial charge in [0.05, 0.1) is 6.21 Å². The van der Waals surface area contributed by atoms with Crippen molar-refractivity contribution in [2.45, 2.75) is 6.54 Å². The highest BCUT2D eigenvalue weighted by molar-refractivity contribution is 14.1. The van der Waals surface area contributed by atoms with Crippen molar-refractivity contribution in [1.82, 2.24) is 9.99 Å². The summed E-state index contributed by atoms with van der Waals surface area (Å²) >= 11 is 2.21. The maximum Gasteiger partial charge on any atom is 0.271 e. The quantitative estimate of drug-likeness (QED) is 0.243. The fourth-order valence-electron chi connectivity index (χ4n) is 3.12. The van der Waals surface area contributed by atoms with E-state index in [4.69, 9.17) is 0 Å². The number of amides is 1. The number of nitrogens with zero attached hydrogens (tertiary/aromatic N) is 2. The van der Waals surface area contributed by atoms with Crippen LogP contribution in [0, 0.1) is 3.57 Å².